The molecule has 0 heterocycles. The highest BCUT2D eigenvalue weighted by Crippen LogP contribution is 2.25. The minimum Gasteiger partial charge on any atom is -0.336 e. The Morgan fingerprint density at radius 2 is 2.05 bits per heavy atom. The molecule has 1 saturated carbocycles. The third-order valence-electron chi connectivity index (χ3n) is 3.97. The van der Waals surface area contributed by atoms with Crippen LogP contribution in [0.25, 0.3) is 0 Å². The van der Waals surface area contributed by atoms with Gasteiger partial charge in [-0.15, -0.1) is 0 Å². The van der Waals surface area contributed by atoms with E-state index in [1.165, 1.54) is 0 Å². The highest BCUT2D eigenvalue weighted by Gasteiger charge is 2.28. The van der Waals surface area contributed by atoms with Gasteiger partial charge in [-0.2, -0.15) is 0 Å². The summed E-state index contributed by atoms with van der Waals surface area (Å²) < 4.78 is 14.4. The van der Waals surface area contributed by atoms with Crippen LogP contribution < -0.4 is 5.73 Å². The van der Waals surface area contributed by atoms with E-state index < -0.39 is 5.82 Å². The zero-order chi connectivity index (χ0) is 14.7. The first-order chi connectivity index (χ1) is 9.54. The second-order valence-electron chi connectivity index (χ2n) is 5.26. The second-order valence-corrected chi connectivity index (χ2v) is 6.12. The topological polar surface area (TPSA) is 46.3 Å². The molecule has 2 N–H and O–H groups in total. The van der Waals surface area contributed by atoms with Crippen molar-refractivity contribution in [3.8, 4) is 0 Å². The molecule has 1 fully saturated rings. The van der Waals surface area contributed by atoms with Crippen LogP contribution in [0.1, 0.15) is 43.0 Å². The van der Waals surface area contributed by atoms with E-state index in [9.17, 15) is 9.18 Å². The summed E-state index contributed by atoms with van der Waals surface area (Å²) in [6.07, 6.45) is 3.65. The van der Waals surface area contributed by atoms with Crippen molar-refractivity contribution in [3.05, 3.63) is 34.1 Å². The average molecular weight is 343 g/mol. The summed E-state index contributed by atoms with van der Waals surface area (Å²) in [6.45, 7) is 2.52. The molecule has 0 radical (unpaired) electrons. The largest absolute Gasteiger partial charge is 0.336 e. The van der Waals surface area contributed by atoms with Gasteiger partial charge in [0, 0.05) is 18.6 Å². The number of rotatable bonds is 3. The Morgan fingerprint density at radius 1 is 1.40 bits per heavy atom. The number of carbonyl (C=O) groups is 1. The molecule has 1 aliphatic carbocycles. The molecule has 20 heavy (non-hydrogen) atoms. The zero-order valence-corrected chi connectivity index (χ0v) is 13.2. The first kappa shape index (κ1) is 15.4. The van der Waals surface area contributed by atoms with Gasteiger partial charge in [0.05, 0.1) is 10.0 Å². The summed E-state index contributed by atoms with van der Waals surface area (Å²) in [5.41, 5.74) is 6.04. The predicted molar refractivity (Wildman–Crippen MR) is 81.0 cm³/mol. The maximum absolute atomic E-state index is 14.1. The number of nitrogens with zero attached hydrogens (tertiary/aromatic N) is 1. The summed E-state index contributed by atoms with van der Waals surface area (Å²) in [6, 6.07) is 5.24. The van der Waals surface area contributed by atoms with Crippen LogP contribution in [0.2, 0.25) is 0 Å². The van der Waals surface area contributed by atoms with Gasteiger partial charge in [-0.05, 0) is 60.7 Å². The van der Waals surface area contributed by atoms with Gasteiger partial charge in [0.25, 0.3) is 5.91 Å². The van der Waals surface area contributed by atoms with Crippen LogP contribution in [0.5, 0.6) is 0 Å². The maximum atomic E-state index is 14.1. The molecule has 3 nitrogen and oxygen atoms in total. The molecule has 1 aromatic rings. The van der Waals surface area contributed by atoms with E-state index in [1.54, 1.807) is 23.1 Å². The lowest BCUT2D eigenvalue weighted by Crippen LogP contribution is -2.44. The second kappa shape index (κ2) is 6.68. The van der Waals surface area contributed by atoms with Crippen LogP contribution in [0, 0.1) is 5.82 Å². The molecular weight excluding hydrogens is 323 g/mol. The van der Waals surface area contributed by atoms with Crippen molar-refractivity contribution < 1.29 is 9.18 Å². The van der Waals surface area contributed by atoms with Gasteiger partial charge in [0.1, 0.15) is 5.82 Å². The first-order valence-corrected chi connectivity index (χ1v) is 7.84. The van der Waals surface area contributed by atoms with Crippen molar-refractivity contribution in [1.82, 2.24) is 4.90 Å². The van der Waals surface area contributed by atoms with Gasteiger partial charge in [0.2, 0.25) is 0 Å². The fourth-order valence-electron chi connectivity index (χ4n) is 2.80. The van der Waals surface area contributed by atoms with Crippen molar-refractivity contribution in [1.29, 1.82) is 0 Å². The van der Waals surface area contributed by atoms with E-state index in [-0.39, 0.29) is 23.6 Å². The SMILES string of the molecule is CCN(C(=O)c1cccc(Br)c1F)C1CCC(N)CC1. The number of nitrogens with two attached hydrogens (primary N) is 1. The van der Waals surface area contributed by atoms with Crippen molar-refractivity contribution in [2.75, 3.05) is 6.54 Å². The van der Waals surface area contributed by atoms with Crippen LogP contribution in [0.3, 0.4) is 0 Å². The molecule has 1 aromatic carbocycles. The minimum atomic E-state index is -0.483. The molecule has 0 aromatic heterocycles. The van der Waals surface area contributed by atoms with Gasteiger partial charge in [-0.25, -0.2) is 4.39 Å². The fourth-order valence-corrected chi connectivity index (χ4v) is 3.17. The van der Waals surface area contributed by atoms with Gasteiger partial charge in [0.15, 0.2) is 0 Å². The van der Waals surface area contributed by atoms with Crippen molar-refractivity contribution in [2.24, 2.45) is 5.73 Å². The Kier molecular flexibility index (Phi) is 5.16. The van der Waals surface area contributed by atoms with Crippen LogP contribution in [-0.4, -0.2) is 29.4 Å². The lowest BCUT2D eigenvalue weighted by atomic mass is 9.90. The number of carbonyl (C=O) groups excluding carboxylic acids is 1. The standard InChI is InChI=1S/C15H20BrFN2O/c1-2-19(11-8-6-10(18)7-9-11)15(20)12-4-3-5-13(16)14(12)17/h3-5,10-11H,2,6-9,18H2,1H3. The van der Waals surface area contributed by atoms with E-state index in [4.69, 9.17) is 5.73 Å². The third-order valence-corrected chi connectivity index (χ3v) is 4.58. The average Bonchev–Trinajstić information content (AvgIpc) is 2.44. The molecule has 2 rings (SSSR count). The predicted octanol–water partition coefficient (Wildman–Crippen LogP) is 3.32. The third kappa shape index (κ3) is 3.20. The highest BCUT2D eigenvalue weighted by molar-refractivity contribution is 9.10. The Labute approximate surface area is 127 Å². The molecule has 0 atom stereocenters. The lowest BCUT2D eigenvalue weighted by molar-refractivity contribution is 0.0636. The van der Waals surface area contributed by atoms with Crippen molar-refractivity contribution in [3.63, 3.8) is 0 Å². The highest BCUT2D eigenvalue weighted by atomic mass is 79.9. The molecule has 0 saturated heterocycles. The molecule has 5 heteroatoms. The number of amides is 1. The van der Waals surface area contributed by atoms with Crippen LogP contribution in [-0.2, 0) is 0 Å². The van der Waals surface area contributed by atoms with Crippen molar-refractivity contribution >= 4 is 21.8 Å². The summed E-state index contributed by atoms with van der Waals surface area (Å²) in [5, 5.41) is 0. The Hall–Kier alpha value is -0.940. The van der Waals surface area contributed by atoms with E-state index in [0.717, 1.165) is 25.7 Å². The maximum Gasteiger partial charge on any atom is 0.257 e. The van der Waals surface area contributed by atoms with Gasteiger partial charge in [-0.1, -0.05) is 6.07 Å². The van der Waals surface area contributed by atoms with Crippen molar-refractivity contribution in [2.45, 2.75) is 44.7 Å². The minimum absolute atomic E-state index is 0.135. The fraction of sp³-hybridized carbons (Fsp3) is 0.533. The number of halogens is 2. The smallest absolute Gasteiger partial charge is 0.257 e. The Balaban J connectivity index is 2.19. The number of benzene rings is 1. The van der Waals surface area contributed by atoms with Gasteiger partial charge in [-0.3, -0.25) is 4.79 Å². The van der Waals surface area contributed by atoms with Crippen LogP contribution >= 0.6 is 15.9 Å². The quantitative estimate of drug-likeness (QED) is 0.915. The summed E-state index contributed by atoms with van der Waals surface area (Å²) >= 11 is 3.13. The zero-order valence-electron chi connectivity index (χ0n) is 11.6. The Bertz CT molecular complexity index is 487. The van der Waals surface area contributed by atoms with Gasteiger partial charge >= 0.3 is 0 Å². The lowest BCUT2D eigenvalue weighted by Gasteiger charge is -2.35. The van der Waals surface area contributed by atoms with Gasteiger partial charge < -0.3 is 10.6 Å². The number of hydrogen-bond acceptors (Lipinski definition) is 2. The van der Waals surface area contributed by atoms with Crippen LogP contribution in [0.4, 0.5) is 4.39 Å². The monoisotopic (exact) mass is 342 g/mol. The Morgan fingerprint density at radius 3 is 2.65 bits per heavy atom. The van der Waals surface area contributed by atoms with E-state index in [2.05, 4.69) is 15.9 Å². The molecule has 110 valence electrons. The van der Waals surface area contributed by atoms with E-state index >= 15 is 0 Å². The van der Waals surface area contributed by atoms with E-state index in [0.29, 0.717) is 11.0 Å². The summed E-state index contributed by atoms with van der Waals surface area (Å²) in [4.78, 5) is 14.3. The summed E-state index contributed by atoms with van der Waals surface area (Å²) in [5.74, 6) is -0.713. The first-order valence-electron chi connectivity index (χ1n) is 7.05. The molecule has 1 amide bonds. The molecular formula is C15H20BrFN2O. The molecule has 0 unspecified atom stereocenters. The molecule has 0 spiro atoms. The van der Waals surface area contributed by atoms with E-state index in [1.807, 2.05) is 6.92 Å². The summed E-state index contributed by atoms with van der Waals surface area (Å²) in [7, 11) is 0. The molecule has 0 aliphatic heterocycles. The normalized spacial score (nSPS) is 22.6. The molecule has 0 bridgehead atoms. The molecule has 1 aliphatic rings. The number of hydrogen-bond donors (Lipinski definition) is 1. The van der Waals surface area contributed by atoms with Crippen LogP contribution in [0.15, 0.2) is 22.7 Å².